The maximum absolute atomic E-state index is 12.4. The Morgan fingerprint density at radius 2 is 2.00 bits per heavy atom. The van der Waals surface area contributed by atoms with Gasteiger partial charge in [-0.15, -0.1) is 0 Å². The molecule has 0 amide bonds. The molecule has 0 radical (unpaired) electrons. The number of hydrogen-bond acceptors (Lipinski definition) is 4. The van der Waals surface area contributed by atoms with E-state index in [1.807, 2.05) is 19.1 Å². The van der Waals surface area contributed by atoms with Crippen molar-refractivity contribution in [3.05, 3.63) is 51.8 Å². The molecule has 1 aromatic carbocycles. The Hall–Kier alpha value is -1.44. The van der Waals surface area contributed by atoms with Gasteiger partial charge in [-0.05, 0) is 59.1 Å². The van der Waals surface area contributed by atoms with Gasteiger partial charge >= 0.3 is 0 Å². The molecule has 0 saturated carbocycles. The molecular formula is C14H16BrN3O2S. The molecule has 0 aliphatic heterocycles. The predicted octanol–water partition coefficient (Wildman–Crippen LogP) is 2.52. The largest absolute Gasteiger partial charge is 0.398 e. The second-order valence-corrected chi connectivity index (χ2v) is 7.32. The van der Waals surface area contributed by atoms with E-state index in [-0.39, 0.29) is 11.4 Å². The lowest BCUT2D eigenvalue weighted by Crippen LogP contribution is -2.25. The number of anilines is 1. The number of aromatic nitrogens is 1. The van der Waals surface area contributed by atoms with Crippen molar-refractivity contribution in [1.29, 1.82) is 0 Å². The summed E-state index contributed by atoms with van der Waals surface area (Å²) in [6.45, 7) is 3.76. The van der Waals surface area contributed by atoms with Crippen molar-refractivity contribution in [2.45, 2.75) is 25.3 Å². The number of hydrogen-bond donors (Lipinski definition) is 2. The average molecular weight is 370 g/mol. The Balaban J connectivity index is 2.27. The Morgan fingerprint density at radius 1 is 1.29 bits per heavy atom. The van der Waals surface area contributed by atoms with E-state index in [1.54, 1.807) is 19.2 Å². The minimum atomic E-state index is -3.64. The number of pyridine rings is 1. The normalized spacial score (nSPS) is 11.6. The second kappa shape index (κ2) is 6.13. The highest BCUT2D eigenvalue weighted by molar-refractivity contribution is 9.10. The molecule has 3 N–H and O–H groups in total. The zero-order chi connectivity index (χ0) is 15.6. The minimum absolute atomic E-state index is 0.143. The SMILES string of the molecule is Cc1cc(Br)c(N)cc1S(=O)(=O)NCc1ncccc1C. The van der Waals surface area contributed by atoms with E-state index >= 15 is 0 Å². The fraction of sp³-hybridized carbons (Fsp3) is 0.214. The standard InChI is InChI=1S/C14H16BrN3O2S/c1-9-4-3-5-17-13(9)8-18-21(19,20)14-7-12(16)11(15)6-10(14)2/h3-7,18H,8,16H2,1-2H3. The zero-order valence-corrected chi connectivity index (χ0v) is 14.1. The Kier molecular flexibility index (Phi) is 4.65. The lowest BCUT2D eigenvalue weighted by molar-refractivity contribution is 0.579. The zero-order valence-electron chi connectivity index (χ0n) is 11.7. The van der Waals surface area contributed by atoms with Crippen molar-refractivity contribution in [1.82, 2.24) is 9.71 Å². The highest BCUT2D eigenvalue weighted by Gasteiger charge is 2.18. The molecule has 0 unspecified atom stereocenters. The third kappa shape index (κ3) is 3.61. The predicted molar refractivity (Wildman–Crippen MR) is 86.3 cm³/mol. The number of nitrogens with zero attached hydrogens (tertiary/aromatic N) is 1. The summed E-state index contributed by atoms with van der Waals surface area (Å²) >= 11 is 3.28. The van der Waals surface area contributed by atoms with Crippen molar-refractivity contribution < 1.29 is 8.42 Å². The second-order valence-electron chi connectivity index (χ2n) is 4.73. The van der Waals surface area contributed by atoms with Crippen LogP contribution in [0.5, 0.6) is 0 Å². The Bertz CT molecular complexity index is 776. The van der Waals surface area contributed by atoms with Crippen molar-refractivity contribution in [2.75, 3.05) is 5.73 Å². The fourth-order valence-corrected chi connectivity index (χ4v) is 3.61. The van der Waals surface area contributed by atoms with Crippen LogP contribution in [0.25, 0.3) is 0 Å². The molecule has 2 rings (SSSR count). The first-order valence-corrected chi connectivity index (χ1v) is 8.54. The summed E-state index contributed by atoms with van der Waals surface area (Å²) < 4.78 is 28.0. The maximum atomic E-state index is 12.4. The summed E-state index contributed by atoms with van der Waals surface area (Å²) in [6.07, 6.45) is 1.64. The van der Waals surface area contributed by atoms with Crippen LogP contribution in [0.1, 0.15) is 16.8 Å². The third-order valence-electron chi connectivity index (χ3n) is 3.13. The van der Waals surface area contributed by atoms with Gasteiger partial charge in [0.25, 0.3) is 0 Å². The van der Waals surface area contributed by atoms with Crippen LogP contribution in [0.4, 0.5) is 5.69 Å². The van der Waals surface area contributed by atoms with Crippen LogP contribution in [0, 0.1) is 13.8 Å². The summed E-state index contributed by atoms with van der Waals surface area (Å²) in [7, 11) is -3.64. The number of nitrogens with one attached hydrogen (secondary N) is 1. The van der Waals surface area contributed by atoms with Crippen LogP contribution in [0.3, 0.4) is 0 Å². The highest BCUT2D eigenvalue weighted by atomic mass is 79.9. The summed E-state index contributed by atoms with van der Waals surface area (Å²) in [5, 5.41) is 0. The van der Waals surface area contributed by atoms with Gasteiger partial charge < -0.3 is 5.73 Å². The summed E-state index contributed by atoms with van der Waals surface area (Å²) in [5.41, 5.74) is 8.41. The number of sulfonamides is 1. The van der Waals surface area contributed by atoms with E-state index in [2.05, 4.69) is 25.6 Å². The van der Waals surface area contributed by atoms with Gasteiger partial charge in [0.2, 0.25) is 10.0 Å². The summed E-state index contributed by atoms with van der Waals surface area (Å²) in [6, 6.07) is 6.84. The van der Waals surface area contributed by atoms with E-state index < -0.39 is 10.0 Å². The van der Waals surface area contributed by atoms with Gasteiger partial charge in [-0.2, -0.15) is 0 Å². The van der Waals surface area contributed by atoms with Gasteiger partial charge in [-0.3, -0.25) is 4.98 Å². The fourth-order valence-electron chi connectivity index (χ4n) is 1.90. The molecule has 2 aromatic rings. The lowest BCUT2D eigenvalue weighted by atomic mass is 10.2. The van der Waals surface area contributed by atoms with E-state index in [1.165, 1.54) is 6.07 Å². The van der Waals surface area contributed by atoms with Crippen LogP contribution in [-0.4, -0.2) is 13.4 Å². The molecule has 112 valence electrons. The van der Waals surface area contributed by atoms with Crippen molar-refractivity contribution in [2.24, 2.45) is 0 Å². The van der Waals surface area contributed by atoms with Crippen LogP contribution in [-0.2, 0) is 16.6 Å². The minimum Gasteiger partial charge on any atom is -0.398 e. The topological polar surface area (TPSA) is 85.1 Å². The molecule has 21 heavy (non-hydrogen) atoms. The maximum Gasteiger partial charge on any atom is 0.241 e. The first-order chi connectivity index (χ1) is 9.81. The quantitative estimate of drug-likeness (QED) is 0.810. The van der Waals surface area contributed by atoms with Crippen LogP contribution < -0.4 is 10.5 Å². The number of rotatable bonds is 4. The van der Waals surface area contributed by atoms with Gasteiger partial charge in [0.15, 0.2) is 0 Å². The molecule has 0 aliphatic rings. The first-order valence-electron chi connectivity index (χ1n) is 6.27. The Morgan fingerprint density at radius 3 is 2.67 bits per heavy atom. The van der Waals surface area contributed by atoms with Crippen molar-refractivity contribution in [3.8, 4) is 0 Å². The number of aryl methyl sites for hydroxylation is 2. The van der Waals surface area contributed by atoms with Gasteiger partial charge in [-0.1, -0.05) is 6.07 Å². The van der Waals surface area contributed by atoms with E-state index in [9.17, 15) is 8.42 Å². The molecule has 0 fully saturated rings. The number of halogens is 1. The molecule has 0 aliphatic carbocycles. The van der Waals surface area contributed by atoms with Crippen LogP contribution in [0.15, 0.2) is 39.8 Å². The molecule has 0 saturated heterocycles. The molecule has 1 heterocycles. The first kappa shape index (κ1) is 15.9. The molecule has 0 bridgehead atoms. The van der Waals surface area contributed by atoms with Crippen molar-refractivity contribution >= 4 is 31.6 Å². The molecule has 0 atom stereocenters. The van der Waals surface area contributed by atoms with Gasteiger partial charge in [-0.25, -0.2) is 13.1 Å². The van der Waals surface area contributed by atoms with Crippen LogP contribution >= 0.6 is 15.9 Å². The summed E-state index contributed by atoms with van der Waals surface area (Å²) in [4.78, 5) is 4.35. The number of nitrogens with two attached hydrogens (primary N) is 1. The Labute approximate surface area is 132 Å². The van der Waals surface area contributed by atoms with Gasteiger partial charge in [0, 0.05) is 16.4 Å². The molecular weight excluding hydrogens is 354 g/mol. The van der Waals surface area contributed by atoms with E-state index in [4.69, 9.17) is 5.73 Å². The van der Waals surface area contributed by atoms with Crippen molar-refractivity contribution in [3.63, 3.8) is 0 Å². The number of nitrogen functional groups attached to an aromatic ring is 1. The monoisotopic (exact) mass is 369 g/mol. The lowest BCUT2D eigenvalue weighted by Gasteiger charge is -2.11. The molecule has 7 heteroatoms. The number of benzene rings is 1. The highest BCUT2D eigenvalue weighted by Crippen LogP contribution is 2.26. The van der Waals surface area contributed by atoms with E-state index in [0.717, 1.165) is 5.56 Å². The third-order valence-corrected chi connectivity index (χ3v) is 5.36. The molecule has 0 spiro atoms. The molecule has 1 aromatic heterocycles. The van der Waals surface area contributed by atoms with E-state index in [0.29, 0.717) is 21.4 Å². The smallest absolute Gasteiger partial charge is 0.241 e. The van der Waals surface area contributed by atoms with Gasteiger partial charge in [0.05, 0.1) is 17.1 Å². The van der Waals surface area contributed by atoms with Crippen LogP contribution in [0.2, 0.25) is 0 Å². The van der Waals surface area contributed by atoms with Gasteiger partial charge in [0.1, 0.15) is 0 Å². The average Bonchev–Trinajstić information content (AvgIpc) is 2.42. The molecule has 5 nitrogen and oxygen atoms in total. The summed E-state index contributed by atoms with van der Waals surface area (Å²) in [5.74, 6) is 0.